The number of phenolic OH excluding ortho intramolecular Hbond substituents is 2. The molecule has 5 rings (SSSR count). The van der Waals surface area contributed by atoms with Crippen LogP contribution in [0.3, 0.4) is 0 Å². The smallest absolute Gasteiger partial charge is 0.347 e. The molecule has 6 heteroatoms. The van der Waals surface area contributed by atoms with Crippen LogP contribution in [0.1, 0.15) is 41.3 Å². The average Bonchev–Trinajstić information content (AvgIpc) is 3.11. The summed E-state index contributed by atoms with van der Waals surface area (Å²) in [6.07, 6.45) is 3.02. The van der Waals surface area contributed by atoms with Gasteiger partial charge < -0.3 is 24.6 Å². The van der Waals surface area contributed by atoms with Crippen molar-refractivity contribution < 1.29 is 24.5 Å². The molecule has 0 radical (unpaired) electrons. The Morgan fingerprint density at radius 2 is 1.97 bits per heavy atom. The third kappa shape index (κ3) is 2.78. The number of ether oxygens (including phenoxy) is 2. The molecule has 0 saturated carbocycles. The zero-order chi connectivity index (χ0) is 21.9. The van der Waals surface area contributed by atoms with Gasteiger partial charge in [-0.1, -0.05) is 18.2 Å². The number of nitrogens with zero attached hydrogens (tertiary/aromatic N) is 1. The average molecular weight is 421 g/mol. The Labute approximate surface area is 181 Å². The number of aryl methyl sites for hydroxylation is 1. The van der Waals surface area contributed by atoms with Gasteiger partial charge in [-0.2, -0.15) is 0 Å². The van der Waals surface area contributed by atoms with E-state index in [-0.39, 0.29) is 28.4 Å². The summed E-state index contributed by atoms with van der Waals surface area (Å²) < 4.78 is 12.2. The first-order valence-electron chi connectivity index (χ1n) is 10.7. The number of esters is 1. The van der Waals surface area contributed by atoms with E-state index in [4.69, 9.17) is 9.47 Å². The molecular formula is C25H27NO5. The summed E-state index contributed by atoms with van der Waals surface area (Å²) in [6.45, 7) is 5.16. The molecule has 2 N–H and O–H groups in total. The minimum absolute atomic E-state index is 0.112. The third-order valence-electron chi connectivity index (χ3n) is 7.50. The number of carbonyl (C=O) groups excluding carboxylic acids is 1. The number of allylic oxidation sites excluding steroid dienone is 1. The number of hydrogen-bond donors (Lipinski definition) is 2. The molecule has 1 fully saturated rings. The van der Waals surface area contributed by atoms with Crippen molar-refractivity contribution in [3.05, 3.63) is 64.9 Å². The SMILES string of the molecule is Cc1ccc(O)c2c1[C@]13CCN(C)[C@H](C)[C@@H]1CC=C(OC(=O)c1ccccc1O)[C@@H]3O2. The summed E-state index contributed by atoms with van der Waals surface area (Å²) in [5.74, 6) is 0.592. The molecule has 4 atom stereocenters. The maximum absolute atomic E-state index is 12.9. The third-order valence-corrected chi connectivity index (χ3v) is 7.50. The number of aromatic hydroxyl groups is 2. The van der Waals surface area contributed by atoms with Crippen LogP contribution in [-0.2, 0) is 10.2 Å². The van der Waals surface area contributed by atoms with E-state index in [1.54, 1.807) is 18.2 Å². The lowest BCUT2D eigenvalue weighted by atomic mass is 9.57. The summed E-state index contributed by atoms with van der Waals surface area (Å²) in [6, 6.07) is 10.2. The predicted molar refractivity (Wildman–Crippen MR) is 115 cm³/mol. The number of likely N-dealkylation sites (tertiary alicyclic amines) is 1. The van der Waals surface area contributed by atoms with E-state index in [0.29, 0.717) is 17.6 Å². The fraction of sp³-hybridized carbons (Fsp3) is 0.400. The Morgan fingerprint density at radius 3 is 2.74 bits per heavy atom. The van der Waals surface area contributed by atoms with Crippen LogP contribution in [0, 0.1) is 12.8 Å². The van der Waals surface area contributed by atoms with Gasteiger partial charge in [0.05, 0.1) is 0 Å². The van der Waals surface area contributed by atoms with Gasteiger partial charge in [-0.15, -0.1) is 0 Å². The van der Waals surface area contributed by atoms with Gasteiger partial charge in [-0.3, -0.25) is 0 Å². The summed E-state index contributed by atoms with van der Waals surface area (Å²) in [5.41, 5.74) is 1.84. The molecule has 1 aliphatic carbocycles. The topological polar surface area (TPSA) is 79.2 Å². The van der Waals surface area contributed by atoms with E-state index in [2.05, 4.69) is 18.9 Å². The van der Waals surface area contributed by atoms with E-state index >= 15 is 0 Å². The molecule has 0 amide bonds. The number of rotatable bonds is 2. The van der Waals surface area contributed by atoms with Gasteiger partial charge in [0.25, 0.3) is 0 Å². The highest BCUT2D eigenvalue weighted by molar-refractivity contribution is 5.93. The van der Waals surface area contributed by atoms with E-state index in [1.807, 2.05) is 19.1 Å². The normalized spacial score (nSPS) is 29.3. The quantitative estimate of drug-likeness (QED) is 0.717. The van der Waals surface area contributed by atoms with Crippen LogP contribution in [0.15, 0.2) is 48.2 Å². The standard InChI is InChI=1S/C25H27NO5/c1-14-8-10-19(28)22-21(14)25-12-13-26(3)15(2)17(25)9-11-20(23(25)31-22)30-24(29)16-6-4-5-7-18(16)27/h4-8,10-11,15,17,23,27-28H,9,12-13H2,1-3H3/t15-,17+,23+,25+/m1/s1. The van der Waals surface area contributed by atoms with Crippen LogP contribution in [0.25, 0.3) is 0 Å². The van der Waals surface area contributed by atoms with Crippen molar-refractivity contribution in [2.45, 2.75) is 44.2 Å². The fourth-order valence-electron chi connectivity index (χ4n) is 5.82. The number of carbonyl (C=O) groups is 1. The Balaban J connectivity index is 1.60. The maximum Gasteiger partial charge on any atom is 0.347 e. The molecular weight excluding hydrogens is 394 g/mol. The maximum atomic E-state index is 12.9. The molecule has 31 heavy (non-hydrogen) atoms. The van der Waals surface area contributed by atoms with Gasteiger partial charge in [0.15, 0.2) is 17.6 Å². The molecule has 0 aromatic heterocycles. The lowest BCUT2D eigenvalue weighted by Crippen LogP contribution is -2.60. The fourth-order valence-corrected chi connectivity index (χ4v) is 5.82. The molecule has 0 bridgehead atoms. The first-order chi connectivity index (χ1) is 14.8. The Hall–Kier alpha value is -2.99. The second-order valence-electron chi connectivity index (χ2n) is 8.97. The van der Waals surface area contributed by atoms with Gasteiger partial charge >= 0.3 is 5.97 Å². The molecule has 0 unspecified atom stereocenters. The van der Waals surface area contributed by atoms with Crippen molar-refractivity contribution in [2.24, 2.45) is 5.92 Å². The van der Waals surface area contributed by atoms with E-state index in [9.17, 15) is 15.0 Å². The summed E-state index contributed by atoms with van der Waals surface area (Å²) in [5, 5.41) is 20.7. The largest absolute Gasteiger partial charge is 0.507 e. The highest BCUT2D eigenvalue weighted by atomic mass is 16.6. The van der Waals surface area contributed by atoms with Crippen molar-refractivity contribution in [3.8, 4) is 17.2 Å². The minimum Gasteiger partial charge on any atom is -0.507 e. The second kappa shape index (κ2) is 7.02. The van der Waals surface area contributed by atoms with Crippen LogP contribution in [-0.4, -0.2) is 46.8 Å². The number of fused-ring (bicyclic) bond motifs is 1. The van der Waals surface area contributed by atoms with Crippen LogP contribution in [0.5, 0.6) is 17.2 Å². The predicted octanol–water partition coefficient (Wildman–Crippen LogP) is 3.89. The van der Waals surface area contributed by atoms with E-state index in [1.165, 1.54) is 12.1 Å². The highest BCUT2D eigenvalue weighted by Crippen LogP contribution is 2.61. The highest BCUT2D eigenvalue weighted by Gasteiger charge is 2.61. The lowest BCUT2D eigenvalue weighted by Gasteiger charge is -2.53. The number of piperidine rings is 1. The zero-order valence-corrected chi connectivity index (χ0v) is 18.0. The number of benzene rings is 2. The Bertz CT molecular complexity index is 1090. The Morgan fingerprint density at radius 1 is 1.19 bits per heavy atom. The summed E-state index contributed by atoms with van der Waals surface area (Å²) in [4.78, 5) is 15.2. The first-order valence-corrected chi connectivity index (χ1v) is 10.7. The van der Waals surface area contributed by atoms with Crippen molar-refractivity contribution in [1.29, 1.82) is 0 Å². The van der Waals surface area contributed by atoms with Gasteiger partial charge in [0.1, 0.15) is 17.1 Å². The summed E-state index contributed by atoms with van der Waals surface area (Å²) >= 11 is 0. The molecule has 2 aromatic carbocycles. The van der Waals surface area contributed by atoms with Crippen LogP contribution in [0.2, 0.25) is 0 Å². The number of para-hydroxylation sites is 1. The molecule has 1 spiro atoms. The monoisotopic (exact) mass is 421 g/mol. The zero-order valence-electron chi connectivity index (χ0n) is 18.0. The van der Waals surface area contributed by atoms with Gasteiger partial charge in [0.2, 0.25) is 0 Å². The Kier molecular flexibility index (Phi) is 4.52. The van der Waals surface area contributed by atoms with Crippen molar-refractivity contribution in [3.63, 3.8) is 0 Å². The number of hydrogen-bond acceptors (Lipinski definition) is 6. The minimum atomic E-state index is -0.612. The molecule has 2 aliphatic heterocycles. The van der Waals surface area contributed by atoms with E-state index in [0.717, 1.165) is 30.5 Å². The summed E-state index contributed by atoms with van der Waals surface area (Å²) in [7, 11) is 2.13. The number of phenols is 2. The van der Waals surface area contributed by atoms with Crippen molar-refractivity contribution in [1.82, 2.24) is 4.90 Å². The molecule has 2 heterocycles. The lowest BCUT2D eigenvalue weighted by molar-refractivity contribution is -0.0157. The van der Waals surface area contributed by atoms with E-state index < -0.39 is 12.1 Å². The van der Waals surface area contributed by atoms with Crippen molar-refractivity contribution in [2.75, 3.05) is 13.6 Å². The molecule has 3 aliphatic rings. The van der Waals surface area contributed by atoms with Crippen LogP contribution >= 0.6 is 0 Å². The van der Waals surface area contributed by atoms with Gasteiger partial charge in [-0.05, 0) is 76.0 Å². The first kappa shape index (κ1) is 19.9. The molecule has 1 saturated heterocycles. The molecule has 162 valence electrons. The van der Waals surface area contributed by atoms with Crippen LogP contribution < -0.4 is 4.74 Å². The van der Waals surface area contributed by atoms with Gasteiger partial charge in [-0.25, -0.2) is 4.79 Å². The van der Waals surface area contributed by atoms with Crippen molar-refractivity contribution >= 4 is 5.97 Å². The van der Waals surface area contributed by atoms with Crippen LogP contribution in [0.4, 0.5) is 0 Å². The van der Waals surface area contributed by atoms with Gasteiger partial charge in [0, 0.05) is 17.0 Å². The molecule has 2 aromatic rings. The second-order valence-corrected chi connectivity index (χ2v) is 8.97. The molecule has 6 nitrogen and oxygen atoms in total.